The van der Waals surface area contributed by atoms with Gasteiger partial charge in [0, 0.05) is 30.9 Å². The van der Waals surface area contributed by atoms with E-state index < -0.39 is 0 Å². The van der Waals surface area contributed by atoms with Gasteiger partial charge in [0.1, 0.15) is 6.54 Å². The number of benzene rings is 1. The Morgan fingerprint density at radius 3 is 2.46 bits per heavy atom. The molecule has 0 aliphatic carbocycles. The molecule has 0 aliphatic heterocycles. The Labute approximate surface area is 160 Å². The van der Waals surface area contributed by atoms with Gasteiger partial charge in [-0.3, -0.25) is 4.79 Å². The van der Waals surface area contributed by atoms with E-state index in [1.165, 1.54) is 10.4 Å². The van der Waals surface area contributed by atoms with Crippen LogP contribution in [0.1, 0.15) is 24.3 Å². The topological polar surface area (TPSA) is 56.7 Å². The molecule has 5 nitrogen and oxygen atoms in total. The van der Waals surface area contributed by atoms with E-state index in [-0.39, 0.29) is 17.9 Å². The number of aliphatic imine (C=N–C) groups is 1. The van der Waals surface area contributed by atoms with Gasteiger partial charge in [-0.25, -0.2) is 4.99 Å². The van der Waals surface area contributed by atoms with Gasteiger partial charge in [0.25, 0.3) is 0 Å². The van der Waals surface area contributed by atoms with E-state index in [0.717, 1.165) is 0 Å². The number of hydrogen-bond donors (Lipinski definition) is 2. The van der Waals surface area contributed by atoms with E-state index in [2.05, 4.69) is 65.2 Å². The van der Waals surface area contributed by atoms with Crippen molar-refractivity contribution in [2.75, 3.05) is 27.2 Å². The number of guanidine groups is 1. The molecule has 0 bridgehead atoms. The maximum atomic E-state index is 11.9. The van der Waals surface area contributed by atoms with Gasteiger partial charge in [-0.2, -0.15) is 0 Å². The Kier molecular flexibility index (Phi) is 7.21. The highest BCUT2D eigenvalue weighted by Gasteiger charge is 2.20. The number of thiophene rings is 1. The van der Waals surface area contributed by atoms with Crippen LogP contribution in [-0.4, -0.2) is 44.0 Å². The van der Waals surface area contributed by atoms with Crippen LogP contribution in [0.25, 0.3) is 0 Å². The highest BCUT2D eigenvalue weighted by Crippen LogP contribution is 2.21. The molecule has 2 rings (SSSR count). The summed E-state index contributed by atoms with van der Waals surface area (Å²) in [4.78, 5) is 19.1. The smallest absolute Gasteiger partial charge is 0.243 e. The number of amides is 1. The molecule has 140 valence electrons. The summed E-state index contributed by atoms with van der Waals surface area (Å²) in [5.41, 5.74) is 1.20. The van der Waals surface area contributed by atoms with E-state index in [4.69, 9.17) is 0 Å². The number of nitrogens with one attached hydrogen (secondary N) is 2. The first-order valence-electron chi connectivity index (χ1n) is 8.69. The normalized spacial score (nSPS) is 11.9. The van der Waals surface area contributed by atoms with Crippen molar-refractivity contribution < 1.29 is 4.79 Å². The third-order valence-corrected chi connectivity index (χ3v) is 5.01. The predicted octanol–water partition coefficient (Wildman–Crippen LogP) is 2.85. The van der Waals surface area contributed by atoms with Crippen LogP contribution < -0.4 is 10.6 Å². The van der Waals surface area contributed by atoms with Gasteiger partial charge in [-0.1, -0.05) is 50.2 Å². The molecule has 0 aliphatic rings. The average molecular weight is 373 g/mol. The van der Waals surface area contributed by atoms with Crippen molar-refractivity contribution in [1.82, 2.24) is 15.5 Å². The molecule has 0 fully saturated rings. The molecule has 0 atom stereocenters. The molecule has 1 amide bonds. The zero-order valence-corrected chi connectivity index (χ0v) is 16.8. The summed E-state index contributed by atoms with van der Waals surface area (Å²) in [6.07, 6.45) is 0. The molecule has 2 aromatic rings. The molecule has 26 heavy (non-hydrogen) atoms. The molecule has 0 spiro atoms. The van der Waals surface area contributed by atoms with Crippen molar-refractivity contribution in [2.24, 2.45) is 4.99 Å². The van der Waals surface area contributed by atoms with Crippen molar-refractivity contribution in [1.29, 1.82) is 0 Å². The monoisotopic (exact) mass is 372 g/mol. The van der Waals surface area contributed by atoms with E-state index >= 15 is 0 Å². The maximum Gasteiger partial charge on any atom is 0.243 e. The molecule has 0 unspecified atom stereocenters. The summed E-state index contributed by atoms with van der Waals surface area (Å²) in [7, 11) is 3.48. The van der Waals surface area contributed by atoms with E-state index in [9.17, 15) is 4.79 Å². The minimum absolute atomic E-state index is 0.0236. The van der Waals surface area contributed by atoms with Crippen LogP contribution in [0, 0.1) is 0 Å². The van der Waals surface area contributed by atoms with Gasteiger partial charge in [0.15, 0.2) is 5.96 Å². The lowest BCUT2D eigenvalue weighted by molar-refractivity contribution is -0.127. The van der Waals surface area contributed by atoms with Crippen LogP contribution in [-0.2, 0) is 16.8 Å². The summed E-state index contributed by atoms with van der Waals surface area (Å²) in [6.45, 7) is 5.90. The molecule has 2 N–H and O–H groups in total. The Bertz CT molecular complexity index is 709. The standard InChI is InChI=1S/C20H28N4OS/c1-20(2,16-9-6-5-7-10-16)15-23-19(22-14-18(25)24(3)4)21-13-17-11-8-12-26-17/h5-12H,13-15H2,1-4H3,(H2,21,22,23). The van der Waals surface area contributed by atoms with Gasteiger partial charge in [-0.05, 0) is 17.0 Å². The van der Waals surface area contributed by atoms with Crippen molar-refractivity contribution in [3.63, 3.8) is 0 Å². The minimum atomic E-state index is -0.0573. The van der Waals surface area contributed by atoms with Crippen LogP contribution in [0.3, 0.4) is 0 Å². The molecular weight excluding hydrogens is 344 g/mol. The van der Waals surface area contributed by atoms with E-state index in [1.807, 2.05) is 12.1 Å². The van der Waals surface area contributed by atoms with Crippen molar-refractivity contribution in [2.45, 2.75) is 25.8 Å². The Morgan fingerprint density at radius 2 is 1.85 bits per heavy atom. The highest BCUT2D eigenvalue weighted by molar-refractivity contribution is 7.09. The number of rotatable bonds is 7. The largest absolute Gasteiger partial charge is 0.356 e. The van der Waals surface area contributed by atoms with Crippen LogP contribution in [0.2, 0.25) is 0 Å². The van der Waals surface area contributed by atoms with Gasteiger partial charge < -0.3 is 15.5 Å². The van der Waals surface area contributed by atoms with Crippen molar-refractivity contribution >= 4 is 23.2 Å². The molecule has 1 heterocycles. The Balaban J connectivity index is 2.02. The first-order chi connectivity index (χ1) is 12.4. The molecule has 1 aromatic carbocycles. The maximum absolute atomic E-state index is 11.9. The van der Waals surface area contributed by atoms with Gasteiger partial charge in [-0.15, -0.1) is 11.3 Å². The van der Waals surface area contributed by atoms with Crippen LogP contribution in [0.5, 0.6) is 0 Å². The zero-order chi connectivity index (χ0) is 19.0. The highest BCUT2D eigenvalue weighted by atomic mass is 32.1. The molecular formula is C20H28N4OS. The van der Waals surface area contributed by atoms with E-state index in [0.29, 0.717) is 19.0 Å². The third-order valence-electron chi connectivity index (χ3n) is 4.13. The summed E-state index contributed by atoms with van der Waals surface area (Å²) >= 11 is 1.69. The second kappa shape index (κ2) is 9.38. The molecule has 0 radical (unpaired) electrons. The van der Waals surface area contributed by atoms with Crippen LogP contribution in [0.15, 0.2) is 52.8 Å². The van der Waals surface area contributed by atoms with Gasteiger partial charge in [0.2, 0.25) is 5.91 Å². The quantitative estimate of drug-likeness (QED) is 0.580. The second-order valence-electron chi connectivity index (χ2n) is 6.99. The number of nitrogens with zero attached hydrogens (tertiary/aromatic N) is 2. The van der Waals surface area contributed by atoms with Crippen LogP contribution >= 0.6 is 11.3 Å². The Morgan fingerprint density at radius 1 is 1.12 bits per heavy atom. The lowest BCUT2D eigenvalue weighted by Gasteiger charge is -2.27. The average Bonchev–Trinajstić information content (AvgIpc) is 3.15. The van der Waals surface area contributed by atoms with Crippen LogP contribution in [0.4, 0.5) is 0 Å². The SMILES string of the molecule is CN(C)C(=O)CN=C(NCc1cccs1)NCC(C)(C)c1ccccc1. The number of carbonyl (C=O) groups is 1. The zero-order valence-electron chi connectivity index (χ0n) is 16.0. The first-order valence-corrected chi connectivity index (χ1v) is 9.57. The molecule has 6 heteroatoms. The fourth-order valence-electron chi connectivity index (χ4n) is 2.34. The van der Waals surface area contributed by atoms with Gasteiger partial charge >= 0.3 is 0 Å². The minimum Gasteiger partial charge on any atom is -0.356 e. The van der Waals surface area contributed by atoms with Gasteiger partial charge in [0.05, 0.1) is 6.54 Å². The second-order valence-corrected chi connectivity index (χ2v) is 8.02. The predicted molar refractivity (Wildman–Crippen MR) is 110 cm³/mol. The summed E-state index contributed by atoms with van der Waals surface area (Å²) < 4.78 is 0. The first kappa shape index (κ1) is 20.0. The Hall–Kier alpha value is -2.34. The number of hydrogen-bond acceptors (Lipinski definition) is 3. The molecule has 0 saturated heterocycles. The summed E-state index contributed by atoms with van der Waals surface area (Å²) in [5.74, 6) is 0.627. The lowest BCUT2D eigenvalue weighted by atomic mass is 9.85. The third kappa shape index (κ3) is 6.19. The van der Waals surface area contributed by atoms with E-state index in [1.54, 1.807) is 30.3 Å². The fourth-order valence-corrected chi connectivity index (χ4v) is 2.99. The van der Waals surface area contributed by atoms with Crippen molar-refractivity contribution in [3.05, 3.63) is 58.3 Å². The summed E-state index contributed by atoms with van der Waals surface area (Å²) in [5, 5.41) is 8.76. The molecule has 0 saturated carbocycles. The molecule has 1 aromatic heterocycles. The number of carbonyl (C=O) groups excluding carboxylic acids is 1. The number of likely N-dealkylation sites (N-methyl/N-ethyl adjacent to an activating group) is 1. The lowest BCUT2D eigenvalue weighted by Crippen LogP contribution is -2.43. The fraction of sp³-hybridized carbons (Fsp3) is 0.400. The summed E-state index contributed by atoms with van der Waals surface area (Å²) in [6, 6.07) is 14.5. The van der Waals surface area contributed by atoms with Crippen molar-refractivity contribution in [3.8, 4) is 0 Å².